The number of carbonyl (C=O) groups excluding carboxylic acids is 1. The number of benzene rings is 1. The van der Waals surface area contributed by atoms with Crippen LogP contribution in [0.3, 0.4) is 0 Å². The van der Waals surface area contributed by atoms with Gasteiger partial charge in [0.1, 0.15) is 11.9 Å². The molecule has 0 bridgehead atoms. The van der Waals surface area contributed by atoms with Crippen molar-refractivity contribution in [3.63, 3.8) is 0 Å². The number of hydrogen-bond donors (Lipinski definition) is 1. The number of hydrogen-bond acceptors (Lipinski definition) is 4. The van der Waals surface area contributed by atoms with Crippen molar-refractivity contribution >= 4 is 5.91 Å². The molecule has 0 saturated carbocycles. The first-order valence-electron chi connectivity index (χ1n) is 7.71. The van der Waals surface area contributed by atoms with Crippen molar-refractivity contribution in [3.8, 4) is 17.1 Å². The van der Waals surface area contributed by atoms with Gasteiger partial charge in [0.25, 0.3) is 0 Å². The molecule has 0 spiro atoms. The lowest BCUT2D eigenvalue weighted by Crippen LogP contribution is -2.34. The third-order valence-corrected chi connectivity index (χ3v) is 3.74. The van der Waals surface area contributed by atoms with Gasteiger partial charge in [-0.15, -0.1) is 6.58 Å². The Morgan fingerprint density at radius 2 is 2.17 bits per heavy atom. The summed E-state index contributed by atoms with van der Waals surface area (Å²) in [6.45, 7) is 4.12. The molecule has 0 unspecified atom stereocenters. The molecule has 1 aliphatic rings. The van der Waals surface area contributed by atoms with Gasteiger partial charge in [-0.1, -0.05) is 18.2 Å². The van der Waals surface area contributed by atoms with Crippen LogP contribution in [-0.2, 0) is 11.2 Å². The van der Waals surface area contributed by atoms with Crippen molar-refractivity contribution in [1.82, 2.24) is 15.3 Å². The van der Waals surface area contributed by atoms with Crippen molar-refractivity contribution in [1.29, 1.82) is 0 Å². The summed E-state index contributed by atoms with van der Waals surface area (Å²) >= 11 is 0. The molecule has 2 aromatic rings. The molecule has 1 aromatic carbocycles. The van der Waals surface area contributed by atoms with Crippen molar-refractivity contribution in [2.24, 2.45) is 0 Å². The van der Waals surface area contributed by atoms with E-state index in [2.05, 4.69) is 21.9 Å². The van der Waals surface area contributed by atoms with Gasteiger partial charge >= 0.3 is 0 Å². The molecule has 0 saturated heterocycles. The van der Waals surface area contributed by atoms with Gasteiger partial charge in [0.15, 0.2) is 5.82 Å². The summed E-state index contributed by atoms with van der Waals surface area (Å²) in [5.41, 5.74) is 2.02. The molecule has 0 aliphatic carbocycles. The fraction of sp³-hybridized carbons (Fsp3) is 0.278. The Balaban J connectivity index is 1.67. The Morgan fingerprint density at radius 3 is 2.96 bits per heavy atom. The topological polar surface area (TPSA) is 64.1 Å². The maximum absolute atomic E-state index is 11.7. The number of aromatic nitrogens is 2. The lowest BCUT2D eigenvalue weighted by atomic mass is 10.1. The maximum Gasteiger partial charge on any atom is 0.220 e. The van der Waals surface area contributed by atoms with Crippen LogP contribution in [0, 0.1) is 0 Å². The van der Waals surface area contributed by atoms with Crippen LogP contribution in [0.1, 0.15) is 18.4 Å². The number of nitrogens with one attached hydrogen (secondary N) is 1. The number of rotatable bonds is 6. The van der Waals surface area contributed by atoms with E-state index in [0.717, 1.165) is 23.3 Å². The third-order valence-electron chi connectivity index (χ3n) is 3.74. The molecule has 3 rings (SSSR count). The predicted molar refractivity (Wildman–Crippen MR) is 88.0 cm³/mol. The number of ether oxygens (including phenoxy) is 1. The number of nitrogens with zero attached hydrogens (tertiary/aromatic N) is 2. The fourth-order valence-electron chi connectivity index (χ4n) is 2.62. The molecule has 1 N–H and O–H groups in total. The summed E-state index contributed by atoms with van der Waals surface area (Å²) in [7, 11) is 0. The van der Waals surface area contributed by atoms with Gasteiger partial charge in [0.05, 0.1) is 12.1 Å². The second-order valence-electron chi connectivity index (χ2n) is 5.44. The van der Waals surface area contributed by atoms with Crippen LogP contribution in [0.25, 0.3) is 11.4 Å². The van der Waals surface area contributed by atoms with E-state index in [1.165, 1.54) is 0 Å². The zero-order valence-electron chi connectivity index (χ0n) is 12.9. The predicted octanol–water partition coefficient (Wildman–Crippen LogP) is 2.53. The minimum Gasteiger partial charge on any atom is -0.487 e. The second kappa shape index (κ2) is 7.05. The van der Waals surface area contributed by atoms with E-state index in [-0.39, 0.29) is 12.0 Å². The van der Waals surface area contributed by atoms with Crippen LogP contribution in [0.5, 0.6) is 5.75 Å². The minimum absolute atomic E-state index is 0.0241. The van der Waals surface area contributed by atoms with E-state index >= 15 is 0 Å². The van der Waals surface area contributed by atoms with E-state index in [0.29, 0.717) is 25.2 Å². The molecule has 1 amide bonds. The van der Waals surface area contributed by atoms with Crippen LogP contribution >= 0.6 is 0 Å². The highest BCUT2D eigenvalue weighted by Gasteiger charge is 2.26. The molecule has 0 radical (unpaired) electrons. The van der Waals surface area contributed by atoms with Gasteiger partial charge in [-0.05, 0) is 24.1 Å². The summed E-state index contributed by atoms with van der Waals surface area (Å²) in [5.74, 6) is 1.50. The largest absolute Gasteiger partial charge is 0.487 e. The van der Waals surface area contributed by atoms with Gasteiger partial charge in [-0.25, -0.2) is 9.97 Å². The smallest absolute Gasteiger partial charge is 0.220 e. The zero-order valence-corrected chi connectivity index (χ0v) is 12.9. The summed E-state index contributed by atoms with van der Waals surface area (Å²) in [5, 5.41) is 2.91. The average molecular weight is 309 g/mol. The molecule has 1 aliphatic heterocycles. The molecule has 1 atom stereocenters. The van der Waals surface area contributed by atoms with Crippen LogP contribution in [-0.4, -0.2) is 28.5 Å². The van der Waals surface area contributed by atoms with E-state index in [1.54, 1.807) is 24.5 Å². The van der Waals surface area contributed by atoms with E-state index in [9.17, 15) is 4.79 Å². The highest BCUT2D eigenvalue weighted by Crippen LogP contribution is 2.37. The number of para-hydroxylation sites is 1. The maximum atomic E-state index is 11.7. The van der Waals surface area contributed by atoms with E-state index < -0.39 is 0 Å². The monoisotopic (exact) mass is 309 g/mol. The molecule has 23 heavy (non-hydrogen) atoms. The first-order valence-corrected chi connectivity index (χ1v) is 7.71. The van der Waals surface area contributed by atoms with Crippen LogP contribution < -0.4 is 10.1 Å². The SMILES string of the molecule is C=CCCC(=O)NC[C@H]1Cc2cccc(-c3ncccn3)c2O1. The Bertz CT molecular complexity index is 701. The third kappa shape index (κ3) is 3.56. The fourth-order valence-corrected chi connectivity index (χ4v) is 2.62. The quantitative estimate of drug-likeness (QED) is 0.833. The van der Waals surface area contributed by atoms with Gasteiger partial charge in [0, 0.05) is 25.2 Å². The Hall–Kier alpha value is -2.69. The van der Waals surface area contributed by atoms with Crippen molar-refractivity contribution in [2.45, 2.75) is 25.4 Å². The summed E-state index contributed by atoms with van der Waals surface area (Å²) in [4.78, 5) is 20.3. The van der Waals surface area contributed by atoms with Crippen LogP contribution in [0.15, 0.2) is 49.3 Å². The normalized spacial score (nSPS) is 15.6. The molecule has 0 fully saturated rings. The van der Waals surface area contributed by atoms with E-state index in [4.69, 9.17) is 4.74 Å². The number of allylic oxidation sites excluding steroid dienone is 1. The Kier molecular flexibility index (Phi) is 4.66. The molecule has 118 valence electrons. The van der Waals surface area contributed by atoms with E-state index in [1.807, 2.05) is 18.2 Å². The van der Waals surface area contributed by atoms with Gasteiger partial charge in [-0.3, -0.25) is 4.79 Å². The first kappa shape index (κ1) is 15.2. The second-order valence-corrected chi connectivity index (χ2v) is 5.44. The number of carbonyl (C=O) groups is 1. The Morgan fingerprint density at radius 1 is 1.35 bits per heavy atom. The van der Waals surface area contributed by atoms with Gasteiger partial charge in [0.2, 0.25) is 5.91 Å². The van der Waals surface area contributed by atoms with Crippen molar-refractivity contribution in [2.75, 3.05) is 6.54 Å². The van der Waals surface area contributed by atoms with Crippen molar-refractivity contribution in [3.05, 3.63) is 54.9 Å². The summed E-state index contributed by atoms with van der Waals surface area (Å²) < 4.78 is 6.03. The molecular weight excluding hydrogens is 290 g/mol. The van der Waals surface area contributed by atoms with Gasteiger partial charge < -0.3 is 10.1 Å². The molecule has 5 heteroatoms. The van der Waals surface area contributed by atoms with Gasteiger partial charge in [-0.2, -0.15) is 0 Å². The summed E-state index contributed by atoms with van der Waals surface area (Å²) in [6.07, 6.45) is 7.05. The lowest BCUT2D eigenvalue weighted by molar-refractivity contribution is -0.121. The molecule has 5 nitrogen and oxygen atoms in total. The molecule has 1 aromatic heterocycles. The average Bonchev–Trinajstić information content (AvgIpc) is 3.02. The highest BCUT2D eigenvalue weighted by molar-refractivity contribution is 5.76. The van der Waals surface area contributed by atoms with Crippen LogP contribution in [0.4, 0.5) is 0 Å². The van der Waals surface area contributed by atoms with Crippen molar-refractivity contribution < 1.29 is 9.53 Å². The zero-order chi connectivity index (χ0) is 16.1. The minimum atomic E-state index is -0.0532. The Labute approximate surface area is 135 Å². The lowest BCUT2D eigenvalue weighted by Gasteiger charge is -2.13. The number of fused-ring (bicyclic) bond motifs is 1. The molecular formula is C18H19N3O2. The number of amides is 1. The summed E-state index contributed by atoms with van der Waals surface area (Å²) in [6, 6.07) is 7.77. The molecule has 2 heterocycles. The first-order chi connectivity index (χ1) is 11.3. The highest BCUT2D eigenvalue weighted by atomic mass is 16.5. The standard InChI is InChI=1S/C18H19N3O2/c1-2-3-8-16(22)21-12-14-11-13-6-4-7-15(17(13)23-14)18-19-9-5-10-20-18/h2,4-7,9-10,14H,1,3,8,11-12H2,(H,21,22)/t14-/m1/s1. The van der Waals surface area contributed by atoms with Crippen LogP contribution in [0.2, 0.25) is 0 Å².